The largest absolute Gasteiger partial charge is 0.493 e. The number of hydrogen-bond donors (Lipinski definition) is 2. The van der Waals surface area contributed by atoms with Crippen molar-refractivity contribution in [2.45, 2.75) is 25.7 Å². The number of rotatable bonds is 10. The van der Waals surface area contributed by atoms with E-state index in [-0.39, 0.29) is 28.6 Å². The first-order valence-corrected chi connectivity index (χ1v) is 11.3. The molecule has 0 aliphatic heterocycles. The van der Waals surface area contributed by atoms with E-state index >= 15 is 0 Å². The van der Waals surface area contributed by atoms with Crippen molar-refractivity contribution >= 4 is 27.5 Å². The molecule has 0 bridgehead atoms. The van der Waals surface area contributed by atoms with Gasteiger partial charge >= 0.3 is 0 Å². The molecule has 2 aromatic carbocycles. The van der Waals surface area contributed by atoms with Crippen molar-refractivity contribution in [3.8, 4) is 11.5 Å². The minimum absolute atomic E-state index is 0.0440. The smallest absolute Gasteiger partial charge is 0.251 e. The zero-order valence-electron chi connectivity index (χ0n) is 17.5. The zero-order valence-corrected chi connectivity index (χ0v) is 19.1. The van der Waals surface area contributed by atoms with Crippen LogP contribution in [0.3, 0.4) is 0 Å². The van der Waals surface area contributed by atoms with Crippen LogP contribution in [0, 0.1) is 12.8 Å². The van der Waals surface area contributed by atoms with Gasteiger partial charge < -0.3 is 14.8 Å². The number of amides is 1. The van der Waals surface area contributed by atoms with Gasteiger partial charge in [-0.2, -0.15) is 0 Å². The number of hydrogen-bond acceptors (Lipinski definition) is 5. The molecule has 9 heteroatoms. The summed E-state index contributed by atoms with van der Waals surface area (Å²) in [5.74, 6) is 0.640. The predicted octanol–water partition coefficient (Wildman–Crippen LogP) is 3.40. The highest BCUT2D eigenvalue weighted by Gasteiger charge is 2.17. The first-order chi connectivity index (χ1) is 14.1. The maximum Gasteiger partial charge on any atom is 0.251 e. The van der Waals surface area contributed by atoms with E-state index in [1.165, 1.54) is 31.4 Å². The average Bonchev–Trinajstić information content (AvgIpc) is 2.69. The molecule has 0 saturated heterocycles. The number of carbonyl (C=O) groups excluding carboxylic acids is 1. The number of sulfonamides is 1. The summed E-state index contributed by atoms with van der Waals surface area (Å²) in [5, 5.41) is 2.92. The number of carbonyl (C=O) groups is 1. The topological polar surface area (TPSA) is 93.7 Å². The van der Waals surface area contributed by atoms with Crippen LogP contribution < -0.4 is 19.5 Å². The molecule has 164 valence electrons. The Morgan fingerprint density at radius 3 is 2.40 bits per heavy atom. The second-order valence-corrected chi connectivity index (χ2v) is 9.34. The molecule has 0 radical (unpaired) electrons. The van der Waals surface area contributed by atoms with Gasteiger partial charge in [0.1, 0.15) is 0 Å². The van der Waals surface area contributed by atoms with Crippen LogP contribution in [0.1, 0.15) is 29.8 Å². The SMILES string of the molecule is COc1cc(C(=O)NCCNS(=O)(=O)c2ccc(C)cc2)cc(Cl)c1OCC(C)C. The molecule has 0 saturated carbocycles. The van der Waals surface area contributed by atoms with E-state index in [1.54, 1.807) is 12.1 Å². The van der Waals surface area contributed by atoms with Crippen molar-refractivity contribution in [3.63, 3.8) is 0 Å². The van der Waals surface area contributed by atoms with Gasteiger partial charge in [-0.1, -0.05) is 43.1 Å². The molecule has 0 unspecified atom stereocenters. The minimum Gasteiger partial charge on any atom is -0.493 e. The molecule has 7 nitrogen and oxygen atoms in total. The minimum atomic E-state index is -3.64. The molecule has 2 N–H and O–H groups in total. The van der Waals surface area contributed by atoms with Crippen molar-refractivity contribution in [1.29, 1.82) is 0 Å². The lowest BCUT2D eigenvalue weighted by Gasteiger charge is -2.15. The van der Waals surface area contributed by atoms with Crippen LogP contribution in [0.2, 0.25) is 5.02 Å². The Kier molecular flexibility index (Phi) is 8.52. The Labute approximate surface area is 182 Å². The molecule has 0 aliphatic carbocycles. The van der Waals surface area contributed by atoms with E-state index in [2.05, 4.69) is 10.0 Å². The molecular formula is C21H27ClN2O5S. The van der Waals surface area contributed by atoms with E-state index in [4.69, 9.17) is 21.1 Å². The highest BCUT2D eigenvalue weighted by molar-refractivity contribution is 7.89. The van der Waals surface area contributed by atoms with E-state index in [0.29, 0.717) is 24.0 Å². The van der Waals surface area contributed by atoms with Crippen LogP contribution in [-0.2, 0) is 10.0 Å². The normalized spacial score (nSPS) is 11.4. The summed E-state index contributed by atoms with van der Waals surface area (Å²) in [7, 11) is -2.17. The Morgan fingerprint density at radius 2 is 1.80 bits per heavy atom. The molecule has 0 aliphatic rings. The summed E-state index contributed by atoms with van der Waals surface area (Å²) >= 11 is 6.26. The van der Waals surface area contributed by atoms with Gasteiger partial charge in [0, 0.05) is 18.7 Å². The van der Waals surface area contributed by atoms with Gasteiger partial charge in [0.15, 0.2) is 11.5 Å². The lowest BCUT2D eigenvalue weighted by atomic mass is 10.2. The summed E-state index contributed by atoms with van der Waals surface area (Å²) in [6, 6.07) is 9.55. The molecule has 30 heavy (non-hydrogen) atoms. The Bertz CT molecular complexity index is 976. The van der Waals surface area contributed by atoms with Crippen molar-refractivity contribution in [2.75, 3.05) is 26.8 Å². The third kappa shape index (κ3) is 6.62. The number of nitrogens with one attached hydrogen (secondary N) is 2. The van der Waals surface area contributed by atoms with Crippen molar-refractivity contribution < 1.29 is 22.7 Å². The summed E-state index contributed by atoms with van der Waals surface area (Å²) in [6.45, 7) is 6.51. The second kappa shape index (κ2) is 10.7. The number of halogens is 1. The van der Waals surface area contributed by atoms with Crippen LogP contribution in [0.25, 0.3) is 0 Å². The molecule has 0 aromatic heterocycles. The summed E-state index contributed by atoms with van der Waals surface area (Å²) in [4.78, 5) is 12.6. The average molecular weight is 455 g/mol. The maximum atomic E-state index is 12.4. The fourth-order valence-electron chi connectivity index (χ4n) is 2.51. The fourth-order valence-corrected chi connectivity index (χ4v) is 3.80. The highest BCUT2D eigenvalue weighted by Crippen LogP contribution is 2.36. The van der Waals surface area contributed by atoms with Crippen molar-refractivity contribution in [1.82, 2.24) is 10.0 Å². The molecule has 0 spiro atoms. The van der Waals surface area contributed by atoms with Crippen molar-refractivity contribution in [3.05, 3.63) is 52.5 Å². The number of aryl methyl sites for hydroxylation is 1. The van der Waals surface area contributed by atoms with Gasteiger partial charge in [-0.3, -0.25) is 4.79 Å². The van der Waals surface area contributed by atoms with Gasteiger partial charge in [-0.15, -0.1) is 0 Å². The third-order valence-corrected chi connectivity index (χ3v) is 5.84. The summed E-state index contributed by atoms with van der Waals surface area (Å²) in [6.07, 6.45) is 0. The molecule has 2 rings (SSSR count). The summed E-state index contributed by atoms with van der Waals surface area (Å²) < 4.78 is 38.0. The molecule has 1 amide bonds. The van der Waals surface area contributed by atoms with E-state index in [1.807, 2.05) is 20.8 Å². The van der Waals surface area contributed by atoms with Gasteiger partial charge in [0.25, 0.3) is 5.91 Å². The van der Waals surface area contributed by atoms with E-state index < -0.39 is 15.9 Å². The van der Waals surface area contributed by atoms with Crippen LogP contribution in [0.4, 0.5) is 0 Å². The van der Waals surface area contributed by atoms with Gasteiger partial charge in [0.2, 0.25) is 10.0 Å². The molecule has 0 fully saturated rings. The van der Waals surface area contributed by atoms with Crippen LogP contribution in [0.5, 0.6) is 11.5 Å². The zero-order chi connectivity index (χ0) is 22.3. The van der Waals surface area contributed by atoms with Crippen LogP contribution in [-0.4, -0.2) is 41.1 Å². The Balaban J connectivity index is 1.96. The molecule has 2 aromatic rings. The van der Waals surface area contributed by atoms with Crippen LogP contribution >= 0.6 is 11.6 Å². The quantitative estimate of drug-likeness (QED) is 0.536. The van der Waals surface area contributed by atoms with Gasteiger partial charge in [-0.25, -0.2) is 13.1 Å². The first-order valence-electron chi connectivity index (χ1n) is 9.49. The molecular weight excluding hydrogens is 428 g/mol. The highest BCUT2D eigenvalue weighted by atomic mass is 35.5. The Hall–Kier alpha value is -2.29. The second-order valence-electron chi connectivity index (χ2n) is 7.16. The van der Waals surface area contributed by atoms with Gasteiger partial charge in [-0.05, 0) is 37.1 Å². The number of ether oxygens (including phenoxy) is 2. The van der Waals surface area contributed by atoms with E-state index in [9.17, 15) is 13.2 Å². The monoisotopic (exact) mass is 454 g/mol. The number of methoxy groups -OCH3 is 1. The lowest BCUT2D eigenvalue weighted by Crippen LogP contribution is -2.34. The Morgan fingerprint density at radius 1 is 1.13 bits per heavy atom. The van der Waals surface area contributed by atoms with E-state index in [0.717, 1.165) is 5.56 Å². The van der Waals surface area contributed by atoms with Gasteiger partial charge in [0.05, 0.1) is 23.6 Å². The predicted molar refractivity (Wildman–Crippen MR) is 117 cm³/mol. The fraction of sp³-hybridized carbons (Fsp3) is 0.381. The summed E-state index contributed by atoms with van der Waals surface area (Å²) in [5.41, 5.74) is 1.26. The third-order valence-electron chi connectivity index (χ3n) is 4.09. The standard InChI is InChI=1S/C21H27ClN2O5S/c1-14(2)13-29-20-18(22)11-16(12-19(20)28-4)21(25)23-9-10-24-30(26,27)17-7-5-15(3)6-8-17/h5-8,11-12,14,24H,9-10,13H2,1-4H3,(H,23,25). The molecule has 0 atom stereocenters. The van der Waals surface area contributed by atoms with Crippen molar-refractivity contribution in [2.24, 2.45) is 5.92 Å². The molecule has 0 heterocycles. The lowest BCUT2D eigenvalue weighted by molar-refractivity contribution is 0.0954. The maximum absolute atomic E-state index is 12.4. The number of benzene rings is 2. The van der Waals surface area contributed by atoms with Crippen LogP contribution in [0.15, 0.2) is 41.3 Å². The first kappa shape index (κ1) is 24.0.